The zero-order valence-electron chi connectivity index (χ0n) is 30.2. The topological polar surface area (TPSA) is 70.0 Å². The number of hydrogen-bond donors (Lipinski definition) is 2. The lowest BCUT2D eigenvalue weighted by Gasteiger charge is -2.38. The lowest BCUT2D eigenvalue weighted by atomic mass is 9.76. The van der Waals surface area contributed by atoms with Gasteiger partial charge in [0.2, 0.25) is 0 Å². The fourth-order valence-corrected chi connectivity index (χ4v) is 6.78. The zero-order valence-corrected chi connectivity index (χ0v) is 30.2. The Morgan fingerprint density at radius 3 is 1.56 bits per heavy atom. The van der Waals surface area contributed by atoms with Crippen molar-refractivity contribution in [2.75, 3.05) is 27.3 Å². The first-order valence-electron chi connectivity index (χ1n) is 18.8. The van der Waals surface area contributed by atoms with Gasteiger partial charge in [-0.25, -0.2) is 0 Å². The van der Waals surface area contributed by atoms with Crippen LogP contribution >= 0.6 is 0 Å². The minimum absolute atomic E-state index is 0.0698. The summed E-state index contributed by atoms with van der Waals surface area (Å²) in [5, 5.41) is 20.1. The van der Waals surface area contributed by atoms with E-state index >= 15 is 0 Å². The zero-order chi connectivity index (χ0) is 34.5. The van der Waals surface area contributed by atoms with E-state index in [1.54, 1.807) is 19.0 Å². The maximum absolute atomic E-state index is 14.0. The number of ether oxygens (including phenoxy) is 1. The summed E-state index contributed by atoms with van der Waals surface area (Å²) in [6.07, 6.45) is 20.9. The Hall–Kier alpha value is -2.99. The van der Waals surface area contributed by atoms with E-state index in [9.17, 15) is 15.0 Å². The molecule has 0 fully saturated rings. The lowest BCUT2D eigenvalue weighted by molar-refractivity contribution is -0.0527. The number of carbonyl (C=O) groups is 1. The van der Waals surface area contributed by atoms with Gasteiger partial charge in [0.1, 0.15) is 11.7 Å². The standard InChI is InChI=1S/C43H63NO4/c1-4-5-6-7-8-9-10-11-12-13-14-15-16-17-18-21-27-36-28-26-33-40(41(36)42(47)44(2)3)43(48-35-39(46)34-45,37-29-22-19-23-30-37)38-31-24-20-25-32-38/h19-20,22-26,28-33,39,45-46H,4-18,21,27,34-35H2,1-3H3. The van der Waals surface area contributed by atoms with Gasteiger partial charge in [0.15, 0.2) is 0 Å². The SMILES string of the molecule is CCCCCCCCCCCCCCCCCCc1cccc(C(OCC(O)CO)(c2ccccc2)c2ccccc2)c1C(=O)N(C)C. The summed E-state index contributed by atoms with van der Waals surface area (Å²) < 4.78 is 6.72. The maximum Gasteiger partial charge on any atom is 0.254 e. The highest BCUT2D eigenvalue weighted by molar-refractivity contribution is 5.97. The molecule has 0 bridgehead atoms. The van der Waals surface area contributed by atoms with Crippen molar-refractivity contribution < 1.29 is 19.7 Å². The minimum atomic E-state index is -1.18. The van der Waals surface area contributed by atoms with Gasteiger partial charge in [-0.05, 0) is 29.5 Å². The molecule has 264 valence electrons. The molecule has 0 aromatic heterocycles. The molecule has 0 radical (unpaired) electrons. The number of carbonyl (C=O) groups excluding carboxylic acids is 1. The fraction of sp³-hybridized carbons (Fsp3) is 0.558. The predicted molar refractivity (Wildman–Crippen MR) is 200 cm³/mol. The molecule has 0 aliphatic carbocycles. The average molecular weight is 658 g/mol. The van der Waals surface area contributed by atoms with E-state index < -0.39 is 18.3 Å². The molecule has 48 heavy (non-hydrogen) atoms. The Morgan fingerprint density at radius 1 is 0.667 bits per heavy atom. The number of hydrogen-bond acceptors (Lipinski definition) is 4. The molecule has 0 saturated heterocycles. The van der Waals surface area contributed by atoms with Crippen LogP contribution in [0.4, 0.5) is 0 Å². The largest absolute Gasteiger partial charge is 0.394 e. The molecule has 3 rings (SSSR count). The van der Waals surface area contributed by atoms with E-state index in [-0.39, 0.29) is 12.5 Å². The van der Waals surface area contributed by atoms with Crippen molar-refractivity contribution in [1.82, 2.24) is 4.90 Å². The van der Waals surface area contributed by atoms with Crippen LogP contribution in [0, 0.1) is 0 Å². The van der Waals surface area contributed by atoms with E-state index in [0.29, 0.717) is 5.56 Å². The summed E-state index contributed by atoms with van der Waals surface area (Å²) in [5.41, 5.74) is 2.94. The number of amides is 1. The molecule has 2 N–H and O–H groups in total. The molecule has 3 aromatic carbocycles. The number of aliphatic hydroxyl groups excluding tert-OH is 2. The van der Waals surface area contributed by atoms with Gasteiger partial charge in [0, 0.05) is 25.2 Å². The van der Waals surface area contributed by atoms with Crippen LogP contribution in [0.5, 0.6) is 0 Å². The van der Waals surface area contributed by atoms with Gasteiger partial charge in [-0.3, -0.25) is 4.79 Å². The van der Waals surface area contributed by atoms with Crippen molar-refractivity contribution in [3.05, 3.63) is 107 Å². The number of unbranched alkanes of at least 4 members (excludes halogenated alkanes) is 15. The van der Waals surface area contributed by atoms with Crippen LogP contribution < -0.4 is 0 Å². The van der Waals surface area contributed by atoms with E-state index in [4.69, 9.17) is 4.74 Å². The van der Waals surface area contributed by atoms with Gasteiger partial charge in [0.05, 0.1) is 13.2 Å². The highest BCUT2D eigenvalue weighted by Gasteiger charge is 2.41. The number of rotatable bonds is 25. The molecule has 0 aliphatic rings. The lowest BCUT2D eigenvalue weighted by Crippen LogP contribution is -2.39. The highest BCUT2D eigenvalue weighted by Crippen LogP contribution is 2.43. The van der Waals surface area contributed by atoms with Gasteiger partial charge < -0.3 is 19.8 Å². The van der Waals surface area contributed by atoms with Crippen molar-refractivity contribution >= 4 is 5.91 Å². The third-order valence-corrected chi connectivity index (χ3v) is 9.51. The molecule has 5 nitrogen and oxygen atoms in total. The number of aliphatic hydroxyl groups is 2. The molecule has 3 aromatic rings. The van der Waals surface area contributed by atoms with Crippen LogP contribution in [0.15, 0.2) is 78.9 Å². The predicted octanol–water partition coefficient (Wildman–Crippen LogP) is 9.85. The number of nitrogens with zero attached hydrogens (tertiary/aromatic N) is 1. The Morgan fingerprint density at radius 2 is 1.12 bits per heavy atom. The second-order valence-corrected chi connectivity index (χ2v) is 13.7. The van der Waals surface area contributed by atoms with Crippen LogP contribution in [-0.4, -0.2) is 54.4 Å². The summed E-state index contributed by atoms with van der Waals surface area (Å²) in [6.45, 7) is 1.77. The molecule has 0 heterocycles. The Kier molecular flexibility index (Phi) is 18.6. The summed E-state index contributed by atoms with van der Waals surface area (Å²) in [7, 11) is 3.58. The number of benzene rings is 3. The van der Waals surface area contributed by atoms with Crippen LogP contribution in [0.25, 0.3) is 0 Å². The third-order valence-electron chi connectivity index (χ3n) is 9.51. The quantitative estimate of drug-likeness (QED) is 0.0703. The molecule has 5 heteroatoms. The average Bonchev–Trinajstić information content (AvgIpc) is 3.12. The van der Waals surface area contributed by atoms with E-state index in [1.807, 2.05) is 72.8 Å². The van der Waals surface area contributed by atoms with Gasteiger partial charge in [0.25, 0.3) is 5.91 Å². The van der Waals surface area contributed by atoms with E-state index in [2.05, 4.69) is 13.0 Å². The minimum Gasteiger partial charge on any atom is -0.394 e. The Balaban J connectivity index is 1.69. The Bertz CT molecular complexity index is 1240. The summed E-state index contributed by atoms with van der Waals surface area (Å²) in [4.78, 5) is 15.7. The van der Waals surface area contributed by atoms with Gasteiger partial charge in [-0.15, -0.1) is 0 Å². The van der Waals surface area contributed by atoms with Crippen molar-refractivity contribution in [3.8, 4) is 0 Å². The first kappa shape index (κ1) is 39.4. The highest BCUT2D eigenvalue weighted by atomic mass is 16.5. The van der Waals surface area contributed by atoms with Crippen molar-refractivity contribution in [3.63, 3.8) is 0 Å². The molecular formula is C43H63NO4. The Labute approximate surface area is 291 Å². The second-order valence-electron chi connectivity index (χ2n) is 13.7. The summed E-state index contributed by atoms with van der Waals surface area (Å²) in [5.74, 6) is -0.0698. The molecule has 1 amide bonds. The third kappa shape index (κ3) is 12.2. The second kappa shape index (κ2) is 22.6. The van der Waals surface area contributed by atoms with E-state index in [0.717, 1.165) is 41.5 Å². The monoisotopic (exact) mass is 657 g/mol. The van der Waals surface area contributed by atoms with Crippen molar-refractivity contribution in [2.24, 2.45) is 0 Å². The van der Waals surface area contributed by atoms with Crippen LogP contribution in [-0.2, 0) is 16.8 Å². The van der Waals surface area contributed by atoms with Crippen LogP contribution in [0.1, 0.15) is 142 Å². The first-order chi connectivity index (χ1) is 23.5. The van der Waals surface area contributed by atoms with Gasteiger partial charge in [-0.1, -0.05) is 182 Å². The fourth-order valence-electron chi connectivity index (χ4n) is 6.78. The number of aryl methyl sites for hydroxylation is 1. The van der Waals surface area contributed by atoms with Crippen molar-refractivity contribution in [1.29, 1.82) is 0 Å². The van der Waals surface area contributed by atoms with Crippen LogP contribution in [0.3, 0.4) is 0 Å². The molecular weight excluding hydrogens is 594 g/mol. The molecule has 0 spiro atoms. The van der Waals surface area contributed by atoms with Gasteiger partial charge >= 0.3 is 0 Å². The normalized spacial score (nSPS) is 12.3. The van der Waals surface area contributed by atoms with Crippen molar-refractivity contribution in [2.45, 2.75) is 128 Å². The first-order valence-corrected chi connectivity index (χ1v) is 18.8. The summed E-state index contributed by atoms with van der Waals surface area (Å²) >= 11 is 0. The van der Waals surface area contributed by atoms with Crippen LogP contribution in [0.2, 0.25) is 0 Å². The molecule has 1 atom stereocenters. The van der Waals surface area contributed by atoms with Gasteiger partial charge in [-0.2, -0.15) is 0 Å². The molecule has 0 aliphatic heterocycles. The summed E-state index contributed by atoms with van der Waals surface area (Å²) in [6, 6.07) is 25.9. The maximum atomic E-state index is 14.0. The smallest absolute Gasteiger partial charge is 0.254 e. The van der Waals surface area contributed by atoms with E-state index in [1.165, 1.54) is 89.9 Å². The molecule has 0 saturated carbocycles. The molecule has 1 unspecified atom stereocenters.